The summed E-state index contributed by atoms with van der Waals surface area (Å²) in [5.41, 5.74) is 1.05. The van der Waals surface area contributed by atoms with E-state index in [1.165, 1.54) is 0 Å². The van der Waals surface area contributed by atoms with Crippen molar-refractivity contribution >= 4 is 38.1 Å². The molecule has 0 unspecified atom stereocenters. The number of carbonyl (C=O) groups is 1. The Morgan fingerprint density at radius 3 is 2.57 bits per heavy atom. The van der Waals surface area contributed by atoms with Crippen molar-refractivity contribution in [3.05, 3.63) is 60.7 Å². The van der Waals surface area contributed by atoms with Gasteiger partial charge in [-0.3, -0.25) is 9.10 Å². The van der Waals surface area contributed by atoms with Crippen molar-refractivity contribution in [2.24, 2.45) is 0 Å². The van der Waals surface area contributed by atoms with Gasteiger partial charge in [-0.05, 0) is 36.1 Å². The maximum Gasteiger partial charge on any atom is 0.265 e. The average molecular weight is 396 g/mol. The lowest BCUT2D eigenvalue weighted by molar-refractivity contribution is -0.114. The van der Waals surface area contributed by atoms with Crippen LogP contribution in [0.15, 0.2) is 65.6 Å². The zero-order valence-electron chi connectivity index (χ0n) is 15.4. The second-order valence-corrected chi connectivity index (χ2v) is 8.37. The molecule has 0 saturated heterocycles. The van der Waals surface area contributed by atoms with Crippen LogP contribution in [0.4, 0.5) is 11.4 Å². The van der Waals surface area contributed by atoms with E-state index < -0.39 is 15.9 Å². The van der Waals surface area contributed by atoms with Crippen molar-refractivity contribution < 1.29 is 17.9 Å². The maximum atomic E-state index is 13.0. The Labute approximate surface area is 163 Å². The molecule has 1 amide bonds. The highest BCUT2D eigenvalue weighted by molar-refractivity contribution is 7.93. The number of para-hydroxylation sites is 2. The standard InChI is InChI=1S/C21H20N2O4S/c1-2-13-27-18-11-4-3-9-16(18)22-20(24)14-23-17-10-5-7-15-8-6-12-19(21(15)17)28(23,25)26/h3-12H,2,13-14H2,1H3,(H,22,24). The van der Waals surface area contributed by atoms with Gasteiger partial charge >= 0.3 is 0 Å². The summed E-state index contributed by atoms with van der Waals surface area (Å²) < 4.78 is 32.8. The summed E-state index contributed by atoms with van der Waals surface area (Å²) in [5.74, 6) is 0.133. The van der Waals surface area contributed by atoms with Gasteiger partial charge in [0.05, 0.1) is 22.9 Å². The van der Waals surface area contributed by atoms with Crippen LogP contribution in [0.25, 0.3) is 10.8 Å². The first-order chi connectivity index (χ1) is 13.5. The number of sulfonamides is 1. The van der Waals surface area contributed by atoms with Crippen LogP contribution in [0, 0.1) is 0 Å². The van der Waals surface area contributed by atoms with Gasteiger partial charge in [-0.2, -0.15) is 0 Å². The fourth-order valence-corrected chi connectivity index (χ4v) is 5.02. The van der Waals surface area contributed by atoms with Crippen LogP contribution < -0.4 is 14.4 Å². The highest BCUT2D eigenvalue weighted by Gasteiger charge is 2.36. The summed E-state index contributed by atoms with van der Waals surface area (Å²) in [6.45, 7) is 2.22. The molecule has 0 saturated carbocycles. The number of rotatable bonds is 6. The first kappa shape index (κ1) is 18.3. The van der Waals surface area contributed by atoms with E-state index in [1.54, 1.807) is 42.5 Å². The third kappa shape index (κ3) is 3.07. The fraction of sp³-hybridized carbons (Fsp3) is 0.190. The van der Waals surface area contributed by atoms with Crippen molar-refractivity contribution in [2.75, 3.05) is 22.8 Å². The van der Waals surface area contributed by atoms with Gasteiger partial charge in [0.15, 0.2) is 0 Å². The summed E-state index contributed by atoms with van der Waals surface area (Å²) in [6.07, 6.45) is 0.844. The van der Waals surface area contributed by atoms with Crippen LogP contribution in [-0.4, -0.2) is 27.5 Å². The van der Waals surface area contributed by atoms with Crippen molar-refractivity contribution in [3.8, 4) is 5.75 Å². The lowest BCUT2D eigenvalue weighted by Crippen LogP contribution is -2.35. The number of nitrogens with one attached hydrogen (secondary N) is 1. The molecule has 1 aliphatic heterocycles. The summed E-state index contributed by atoms with van der Waals surface area (Å²) in [6, 6.07) is 17.7. The van der Waals surface area contributed by atoms with E-state index in [4.69, 9.17) is 4.74 Å². The molecule has 0 spiro atoms. The van der Waals surface area contributed by atoms with Crippen LogP contribution >= 0.6 is 0 Å². The number of nitrogens with zero attached hydrogens (tertiary/aromatic N) is 1. The predicted octanol–water partition coefficient (Wildman–Crippen LogP) is 3.78. The predicted molar refractivity (Wildman–Crippen MR) is 109 cm³/mol. The fourth-order valence-electron chi connectivity index (χ4n) is 3.36. The van der Waals surface area contributed by atoms with E-state index in [0.717, 1.165) is 16.1 Å². The van der Waals surface area contributed by atoms with Gasteiger partial charge in [-0.15, -0.1) is 0 Å². The summed E-state index contributed by atoms with van der Waals surface area (Å²) in [4.78, 5) is 12.9. The molecular formula is C21H20N2O4S. The van der Waals surface area contributed by atoms with E-state index in [9.17, 15) is 13.2 Å². The van der Waals surface area contributed by atoms with Gasteiger partial charge in [-0.25, -0.2) is 8.42 Å². The number of benzene rings is 3. The zero-order chi connectivity index (χ0) is 19.7. The molecule has 144 valence electrons. The molecule has 0 radical (unpaired) electrons. The van der Waals surface area contributed by atoms with Crippen molar-refractivity contribution in [2.45, 2.75) is 18.2 Å². The third-order valence-corrected chi connectivity index (χ3v) is 6.39. The van der Waals surface area contributed by atoms with Crippen molar-refractivity contribution in [1.82, 2.24) is 0 Å². The number of anilines is 2. The van der Waals surface area contributed by atoms with Crippen LogP contribution in [0.3, 0.4) is 0 Å². The van der Waals surface area contributed by atoms with E-state index in [2.05, 4.69) is 5.32 Å². The molecule has 0 aromatic heterocycles. The second kappa shape index (κ2) is 7.16. The zero-order valence-corrected chi connectivity index (χ0v) is 16.2. The minimum absolute atomic E-state index is 0.236. The Bertz CT molecular complexity index is 1150. The Morgan fingerprint density at radius 2 is 1.79 bits per heavy atom. The summed E-state index contributed by atoms with van der Waals surface area (Å²) >= 11 is 0. The average Bonchev–Trinajstić information content (AvgIpc) is 2.91. The van der Waals surface area contributed by atoms with Crippen LogP contribution in [0.1, 0.15) is 13.3 Å². The van der Waals surface area contributed by atoms with Gasteiger partial charge < -0.3 is 10.1 Å². The van der Waals surface area contributed by atoms with Crippen molar-refractivity contribution in [3.63, 3.8) is 0 Å². The van der Waals surface area contributed by atoms with Gasteiger partial charge in [-0.1, -0.05) is 43.3 Å². The van der Waals surface area contributed by atoms with Crippen LogP contribution in [0.2, 0.25) is 0 Å². The Balaban J connectivity index is 1.61. The number of hydrogen-bond donors (Lipinski definition) is 1. The van der Waals surface area contributed by atoms with Gasteiger partial charge in [0.25, 0.3) is 10.0 Å². The molecule has 6 nitrogen and oxygen atoms in total. The first-order valence-corrected chi connectivity index (χ1v) is 10.5. The Morgan fingerprint density at radius 1 is 1.04 bits per heavy atom. The Hall–Kier alpha value is -3.06. The lowest BCUT2D eigenvalue weighted by Gasteiger charge is -2.19. The molecule has 7 heteroatoms. The molecule has 0 atom stereocenters. The number of amides is 1. The molecule has 1 aliphatic rings. The van der Waals surface area contributed by atoms with E-state index in [0.29, 0.717) is 29.1 Å². The largest absolute Gasteiger partial charge is 0.491 e. The van der Waals surface area contributed by atoms with Crippen LogP contribution in [-0.2, 0) is 14.8 Å². The molecule has 0 fully saturated rings. The monoisotopic (exact) mass is 396 g/mol. The minimum atomic E-state index is -3.77. The van der Waals surface area contributed by atoms with Crippen LogP contribution in [0.5, 0.6) is 5.75 Å². The topological polar surface area (TPSA) is 75.7 Å². The Kier molecular flexibility index (Phi) is 4.68. The SMILES string of the molecule is CCCOc1ccccc1NC(=O)CN1c2cccc3cccc(c23)S1(=O)=O. The maximum absolute atomic E-state index is 13.0. The highest BCUT2D eigenvalue weighted by Crippen LogP contribution is 2.41. The molecule has 28 heavy (non-hydrogen) atoms. The molecule has 3 aromatic rings. The highest BCUT2D eigenvalue weighted by atomic mass is 32.2. The summed E-state index contributed by atoms with van der Waals surface area (Å²) in [5, 5.41) is 4.26. The first-order valence-electron chi connectivity index (χ1n) is 9.08. The lowest BCUT2D eigenvalue weighted by atomic mass is 10.1. The minimum Gasteiger partial charge on any atom is -0.491 e. The van der Waals surface area contributed by atoms with E-state index in [1.807, 2.05) is 25.1 Å². The normalized spacial score (nSPS) is 14.2. The number of hydrogen-bond acceptors (Lipinski definition) is 4. The second-order valence-electron chi connectivity index (χ2n) is 6.54. The molecule has 0 bridgehead atoms. The van der Waals surface area contributed by atoms with Gasteiger partial charge in [0, 0.05) is 5.39 Å². The van der Waals surface area contributed by atoms with E-state index >= 15 is 0 Å². The third-order valence-electron chi connectivity index (χ3n) is 4.59. The number of ether oxygens (including phenoxy) is 1. The van der Waals surface area contributed by atoms with Crippen molar-refractivity contribution in [1.29, 1.82) is 0 Å². The van der Waals surface area contributed by atoms with Gasteiger partial charge in [0.2, 0.25) is 5.91 Å². The molecule has 0 aliphatic carbocycles. The van der Waals surface area contributed by atoms with Gasteiger partial charge in [0.1, 0.15) is 12.3 Å². The molecule has 1 heterocycles. The number of carbonyl (C=O) groups excluding carboxylic acids is 1. The molecule has 4 rings (SSSR count). The molecule has 3 aromatic carbocycles. The summed E-state index contributed by atoms with van der Waals surface area (Å²) in [7, 11) is -3.77. The van der Waals surface area contributed by atoms with E-state index in [-0.39, 0.29) is 11.4 Å². The quantitative estimate of drug-likeness (QED) is 0.688. The molecule has 1 N–H and O–H groups in total. The molecular weight excluding hydrogens is 376 g/mol. The smallest absolute Gasteiger partial charge is 0.265 e.